The van der Waals surface area contributed by atoms with Gasteiger partial charge in [0.05, 0.1) is 7.11 Å². The average Bonchev–Trinajstić information content (AvgIpc) is 2.66. The van der Waals surface area contributed by atoms with Gasteiger partial charge >= 0.3 is 5.97 Å². The highest BCUT2D eigenvalue weighted by molar-refractivity contribution is 7.18. The van der Waals surface area contributed by atoms with Crippen LogP contribution in [0.15, 0.2) is 0 Å². The van der Waals surface area contributed by atoms with Crippen LogP contribution in [-0.2, 0) is 4.74 Å². The van der Waals surface area contributed by atoms with Gasteiger partial charge in [-0.25, -0.2) is 9.78 Å². The molecule has 96 valence electrons. The quantitative estimate of drug-likeness (QED) is 0.839. The maximum atomic E-state index is 11.3. The van der Waals surface area contributed by atoms with Crippen molar-refractivity contribution in [1.29, 1.82) is 0 Å². The fourth-order valence-corrected chi connectivity index (χ4v) is 2.19. The molecule has 1 N–H and O–H groups in total. The minimum Gasteiger partial charge on any atom is -0.465 e. The van der Waals surface area contributed by atoms with Crippen molar-refractivity contribution in [3.05, 3.63) is 10.0 Å². The van der Waals surface area contributed by atoms with Crippen LogP contribution in [-0.4, -0.2) is 24.6 Å². The number of rotatable bonds is 5. The Morgan fingerprint density at radius 2 is 2.18 bits per heavy atom. The van der Waals surface area contributed by atoms with E-state index < -0.39 is 5.97 Å². The summed E-state index contributed by atoms with van der Waals surface area (Å²) in [4.78, 5) is 15.8. The Kier molecular flexibility index (Phi) is 5.21. The molecule has 1 aromatic rings. The molecule has 0 aliphatic carbocycles. The van der Waals surface area contributed by atoms with Gasteiger partial charge < -0.3 is 10.1 Å². The molecule has 0 aromatic carbocycles. The van der Waals surface area contributed by atoms with Crippen molar-refractivity contribution < 1.29 is 9.53 Å². The van der Waals surface area contributed by atoms with Crippen LogP contribution in [0.1, 0.15) is 30.4 Å². The van der Waals surface area contributed by atoms with Crippen molar-refractivity contribution in [3.63, 3.8) is 0 Å². The van der Waals surface area contributed by atoms with Crippen molar-refractivity contribution in [2.45, 2.75) is 20.8 Å². The van der Waals surface area contributed by atoms with Crippen LogP contribution >= 0.6 is 22.9 Å². The number of halogens is 1. The number of hydrogen-bond donors (Lipinski definition) is 1. The van der Waals surface area contributed by atoms with Gasteiger partial charge in [-0.1, -0.05) is 43.7 Å². The molecule has 1 aromatic heterocycles. The molecule has 4 nitrogen and oxygen atoms in total. The number of nitrogens with one attached hydrogen (secondary N) is 1. The molecule has 0 saturated heterocycles. The zero-order chi connectivity index (χ0) is 13.0. The van der Waals surface area contributed by atoms with E-state index in [1.54, 1.807) is 0 Å². The van der Waals surface area contributed by atoms with E-state index in [0.29, 0.717) is 21.8 Å². The third-order valence-electron chi connectivity index (χ3n) is 2.67. The van der Waals surface area contributed by atoms with E-state index in [2.05, 4.69) is 35.8 Å². The van der Waals surface area contributed by atoms with E-state index in [0.717, 1.165) is 6.54 Å². The van der Waals surface area contributed by atoms with E-state index in [-0.39, 0.29) is 5.15 Å². The lowest BCUT2D eigenvalue weighted by Gasteiger charge is -2.15. The Labute approximate surface area is 110 Å². The highest BCUT2D eigenvalue weighted by Crippen LogP contribution is 2.27. The molecule has 0 spiro atoms. The Hall–Kier alpha value is -0.810. The predicted molar refractivity (Wildman–Crippen MR) is 71.0 cm³/mol. The summed E-state index contributed by atoms with van der Waals surface area (Å²) in [5.41, 5.74) is 0. The van der Waals surface area contributed by atoms with E-state index in [1.807, 2.05) is 0 Å². The van der Waals surface area contributed by atoms with Crippen LogP contribution in [0.25, 0.3) is 0 Å². The summed E-state index contributed by atoms with van der Waals surface area (Å²) in [5.74, 6) is 0.676. The largest absolute Gasteiger partial charge is 0.465 e. The first-order valence-electron chi connectivity index (χ1n) is 5.44. The van der Waals surface area contributed by atoms with Crippen molar-refractivity contribution in [3.8, 4) is 0 Å². The predicted octanol–water partition coefficient (Wildman–Crippen LogP) is 3.29. The smallest absolute Gasteiger partial charge is 0.351 e. The van der Waals surface area contributed by atoms with Gasteiger partial charge in [-0.05, 0) is 11.8 Å². The van der Waals surface area contributed by atoms with Gasteiger partial charge in [-0.2, -0.15) is 0 Å². The maximum Gasteiger partial charge on any atom is 0.351 e. The minimum atomic E-state index is -0.447. The topological polar surface area (TPSA) is 51.2 Å². The van der Waals surface area contributed by atoms with Crippen LogP contribution < -0.4 is 5.32 Å². The third-order valence-corrected chi connectivity index (χ3v) is 4.05. The van der Waals surface area contributed by atoms with Crippen LogP contribution in [0.3, 0.4) is 0 Å². The average molecular weight is 277 g/mol. The van der Waals surface area contributed by atoms with Gasteiger partial charge in [-0.15, -0.1) is 0 Å². The highest BCUT2D eigenvalue weighted by atomic mass is 35.5. The van der Waals surface area contributed by atoms with Gasteiger partial charge in [0.1, 0.15) is 0 Å². The zero-order valence-electron chi connectivity index (χ0n) is 10.4. The molecular weight excluding hydrogens is 260 g/mol. The highest BCUT2D eigenvalue weighted by Gasteiger charge is 2.17. The molecular formula is C11H17ClN2O2S. The second-order valence-corrected chi connectivity index (χ2v) is 5.59. The molecule has 0 aliphatic rings. The van der Waals surface area contributed by atoms with E-state index >= 15 is 0 Å². The molecule has 1 rings (SSSR count). The molecule has 6 heteroatoms. The van der Waals surface area contributed by atoms with Gasteiger partial charge in [0, 0.05) is 6.54 Å². The summed E-state index contributed by atoms with van der Waals surface area (Å²) < 4.78 is 4.61. The number of methoxy groups -OCH3 is 1. The lowest BCUT2D eigenvalue weighted by atomic mass is 9.98. The Bertz CT molecular complexity index is 393. The molecule has 0 radical (unpaired) electrons. The lowest BCUT2D eigenvalue weighted by molar-refractivity contribution is 0.0606. The Balaban J connectivity index is 2.65. The van der Waals surface area contributed by atoms with Crippen molar-refractivity contribution in [1.82, 2.24) is 4.98 Å². The number of carbonyl (C=O) groups excluding carboxylic acids is 1. The standard InChI is InChI=1S/C11H17ClN2O2S/c1-6(2)7(3)5-13-11-14-9(12)8(17-11)10(15)16-4/h6-7H,5H2,1-4H3,(H,13,14). The SMILES string of the molecule is COC(=O)c1sc(NCC(C)C(C)C)nc1Cl. The number of esters is 1. The second-order valence-electron chi connectivity index (χ2n) is 4.23. The lowest BCUT2D eigenvalue weighted by Crippen LogP contribution is -2.16. The van der Waals surface area contributed by atoms with Gasteiger partial charge in [0.15, 0.2) is 15.2 Å². The number of thiazole rings is 1. The summed E-state index contributed by atoms with van der Waals surface area (Å²) >= 11 is 7.07. The minimum absolute atomic E-state index is 0.196. The van der Waals surface area contributed by atoms with Crippen LogP contribution in [0.5, 0.6) is 0 Å². The normalized spacial score (nSPS) is 12.6. The molecule has 0 bridgehead atoms. The fourth-order valence-electron chi connectivity index (χ4n) is 1.08. The number of hydrogen-bond acceptors (Lipinski definition) is 5. The first kappa shape index (κ1) is 14.3. The Morgan fingerprint density at radius 1 is 1.53 bits per heavy atom. The molecule has 0 saturated carbocycles. The number of carbonyl (C=O) groups is 1. The molecule has 0 fully saturated rings. The molecule has 1 heterocycles. The van der Waals surface area contributed by atoms with Crippen LogP contribution in [0, 0.1) is 11.8 Å². The van der Waals surface area contributed by atoms with E-state index in [1.165, 1.54) is 18.4 Å². The Morgan fingerprint density at radius 3 is 2.71 bits per heavy atom. The van der Waals surface area contributed by atoms with Gasteiger partial charge in [-0.3, -0.25) is 0 Å². The number of aromatic nitrogens is 1. The van der Waals surface area contributed by atoms with Gasteiger partial charge in [0.2, 0.25) is 0 Å². The van der Waals surface area contributed by atoms with Crippen molar-refractivity contribution in [2.24, 2.45) is 11.8 Å². The number of anilines is 1. The van der Waals surface area contributed by atoms with Crippen LogP contribution in [0.4, 0.5) is 5.13 Å². The second kappa shape index (κ2) is 6.21. The summed E-state index contributed by atoms with van der Waals surface area (Å²) in [7, 11) is 1.33. The fraction of sp³-hybridized carbons (Fsp3) is 0.636. The van der Waals surface area contributed by atoms with Crippen molar-refractivity contribution in [2.75, 3.05) is 19.0 Å². The van der Waals surface area contributed by atoms with Gasteiger partial charge in [0.25, 0.3) is 0 Å². The summed E-state index contributed by atoms with van der Waals surface area (Å²) in [5, 5.41) is 4.03. The molecule has 1 unspecified atom stereocenters. The zero-order valence-corrected chi connectivity index (χ0v) is 12.0. The monoisotopic (exact) mass is 276 g/mol. The van der Waals surface area contributed by atoms with E-state index in [4.69, 9.17) is 11.6 Å². The molecule has 0 amide bonds. The van der Waals surface area contributed by atoms with Crippen LogP contribution in [0.2, 0.25) is 5.15 Å². The summed E-state index contributed by atoms with van der Waals surface area (Å²) in [6.07, 6.45) is 0. The first-order chi connectivity index (χ1) is 7.95. The number of nitrogens with zero attached hydrogens (tertiary/aromatic N) is 1. The molecule has 0 aliphatic heterocycles. The number of ether oxygens (including phenoxy) is 1. The molecule has 17 heavy (non-hydrogen) atoms. The first-order valence-corrected chi connectivity index (χ1v) is 6.63. The summed E-state index contributed by atoms with van der Waals surface area (Å²) in [6, 6.07) is 0. The third kappa shape index (κ3) is 3.85. The maximum absolute atomic E-state index is 11.3. The van der Waals surface area contributed by atoms with Crippen molar-refractivity contribution >= 4 is 34.0 Å². The molecule has 1 atom stereocenters. The summed E-state index contributed by atoms with van der Waals surface area (Å²) in [6.45, 7) is 7.30. The van der Waals surface area contributed by atoms with E-state index in [9.17, 15) is 4.79 Å².